The zero-order chi connectivity index (χ0) is 12.0. The molecule has 0 radical (unpaired) electrons. The van der Waals surface area contributed by atoms with Crippen molar-refractivity contribution in [3.8, 4) is 11.5 Å². The molecule has 4 nitrogen and oxygen atoms in total. The highest BCUT2D eigenvalue weighted by molar-refractivity contribution is 5.75. The Labute approximate surface area is 95.6 Å². The third kappa shape index (κ3) is 3.46. The maximum atomic E-state index is 11.1. The third-order valence-corrected chi connectivity index (χ3v) is 2.22. The Morgan fingerprint density at radius 1 is 1.19 bits per heavy atom. The summed E-state index contributed by atoms with van der Waals surface area (Å²) < 4.78 is 10.3. The molecule has 0 aliphatic carbocycles. The summed E-state index contributed by atoms with van der Waals surface area (Å²) in [4.78, 5) is 11.1. The lowest BCUT2D eigenvalue weighted by atomic mass is 10.2. The zero-order valence-corrected chi connectivity index (χ0v) is 9.87. The number of rotatable bonds is 5. The maximum Gasteiger partial charge on any atom is 0.219 e. The predicted molar refractivity (Wildman–Crippen MR) is 61.7 cm³/mol. The Morgan fingerprint density at radius 2 is 1.75 bits per heavy atom. The Bertz CT molecular complexity index is 341. The highest BCUT2D eigenvalue weighted by Crippen LogP contribution is 2.22. The monoisotopic (exact) mass is 223 g/mol. The molecule has 0 spiro atoms. The van der Waals surface area contributed by atoms with E-state index >= 15 is 0 Å². The molecule has 16 heavy (non-hydrogen) atoms. The van der Waals surface area contributed by atoms with E-state index in [2.05, 4.69) is 5.32 Å². The van der Waals surface area contributed by atoms with E-state index in [1.807, 2.05) is 19.1 Å². The van der Waals surface area contributed by atoms with Gasteiger partial charge < -0.3 is 14.8 Å². The Balaban J connectivity index is 2.74. The smallest absolute Gasteiger partial charge is 0.219 e. The van der Waals surface area contributed by atoms with Crippen LogP contribution in [0.2, 0.25) is 0 Å². The normalized spacial score (nSPS) is 9.69. The van der Waals surface area contributed by atoms with E-state index in [-0.39, 0.29) is 5.91 Å². The molecule has 0 unspecified atom stereocenters. The van der Waals surface area contributed by atoms with Crippen molar-refractivity contribution in [2.75, 3.05) is 14.2 Å². The Kier molecular flexibility index (Phi) is 4.64. The summed E-state index contributed by atoms with van der Waals surface area (Å²) in [5, 5.41) is 2.80. The number of nitrogens with one attached hydrogen (secondary N) is 1. The molecule has 1 N–H and O–H groups in total. The molecule has 1 aromatic carbocycles. The first-order valence-electron chi connectivity index (χ1n) is 5.18. The van der Waals surface area contributed by atoms with Crippen molar-refractivity contribution in [3.63, 3.8) is 0 Å². The van der Waals surface area contributed by atoms with Crippen molar-refractivity contribution >= 4 is 5.91 Å². The summed E-state index contributed by atoms with van der Waals surface area (Å²) in [5.74, 6) is 1.47. The number of methoxy groups -OCH3 is 2. The van der Waals surface area contributed by atoms with Gasteiger partial charge in [-0.05, 0) is 17.7 Å². The molecule has 0 fully saturated rings. The summed E-state index contributed by atoms with van der Waals surface area (Å²) in [6.45, 7) is 2.31. The minimum absolute atomic E-state index is 0.0294. The lowest BCUT2D eigenvalue weighted by molar-refractivity contribution is -0.120. The van der Waals surface area contributed by atoms with Crippen LogP contribution in [-0.4, -0.2) is 20.1 Å². The summed E-state index contributed by atoms with van der Waals surface area (Å²) in [5.41, 5.74) is 0.956. The van der Waals surface area contributed by atoms with E-state index in [9.17, 15) is 4.79 Å². The molecule has 0 aliphatic rings. The lowest BCUT2D eigenvalue weighted by Crippen LogP contribution is -2.21. The summed E-state index contributed by atoms with van der Waals surface area (Å²) in [6, 6.07) is 5.54. The second-order valence-electron chi connectivity index (χ2n) is 3.35. The van der Waals surface area contributed by atoms with Crippen molar-refractivity contribution in [2.24, 2.45) is 0 Å². The first-order valence-corrected chi connectivity index (χ1v) is 5.18. The van der Waals surface area contributed by atoms with Gasteiger partial charge in [0, 0.05) is 19.0 Å². The van der Waals surface area contributed by atoms with Crippen molar-refractivity contribution < 1.29 is 14.3 Å². The molecular weight excluding hydrogens is 206 g/mol. The second kappa shape index (κ2) is 6.00. The van der Waals surface area contributed by atoms with E-state index in [4.69, 9.17) is 9.47 Å². The molecule has 1 rings (SSSR count). The van der Waals surface area contributed by atoms with E-state index in [1.165, 1.54) is 0 Å². The van der Waals surface area contributed by atoms with Crippen LogP contribution >= 0.6 is 0 Å². The topological polar surface area (TPSA) is 47.6 Å². The van der Waals surface area contributed by atoms with Crippen LogP contribution in [-0.2, 0) is 11.3 Å². The minimum Gasteiger partial charge on any atom is -0.497 e. The number of carbonyl (C=O) groups excluding carboxylic acids is 1. The Morgan fingerprint density at radius 3 is 2.19 bits per heavy atom. The van der Waals surface area contributed by atoms with Gasteiger partial charge in [-0.25, -0.2) is 0 Å². The van der Waals surface area contributed by atoms with Gasteiger partial charge >= 0.3 is 0 Å². The van der Waals surface area contributed by atoms with Crippen molar-refractivity contribution in [1.29, 1.82) is 0 Å². The van der Waals surface area contributed by atoms with Gasteiger partial charge in [0.05, 0.1) is 14.2 Å². The van der Waals surface area contributed by atoms with Crippen molar-refractivity contribution in [1.82, 2.24) is 5.32 Å². The number of hydrogen-bond donors (Lipinski definition) is 1. The molecule has 0 bridgehead atoms. The number of ether oxygens (including phenoxy) is 2. The van der Waals surface area contributed by atoms with Gasteiger partial charge in [-0.15, -0.1) is 0 Å². The molecule has 88 valence electrons. The Hall–Kier alpha value is -1.71. The molecule has 0 saturated heterocycles. The summed E-state index contributed by atoms with van der Waals surface area (Å²) in [7, 11) is 3.20. The van der Waals surface area contributed by atoms with Gasteiger partial charge in [0.1, 0.15) is 11.5 Å². The van der Waals surface area contributed by atoms with Gasteiger partial charge in [0.2, 0.25) is 5.91 Å². The van der Waals surface area contributed by atoms with Crippen LogP contribution < -0.4 is 14.8 Å². The number of carbonyl (C=O) groups is 1. The molecular formula is C12H17NO3. The van der Waals surface area contributed by atoms with E-state index in [0.29, 0.717) is 13.0 Å². The second-order valence-corrected chi connectivity index (χ2v) is 3.35. The average Bonchev–Trinajstić information content (AvgIpc) is 2.35. The number of benzene rings is 1. The van der Waals surface area contributed by atoms with Crippen LogP contribution in [0.5, 0.6) is 11.5 Å². The van der Waals surface area contributed by atoms with Gasteiger partial charge in [0.25, 0.3) is 0 Å². The van der Waals surface area contributed by atoms with Crippen molar-refractivity contribution in [3.05, 3.63) is 23.8 Å². The van der Waals surface area contributed by atoms with Crippen LogP contribution in [0, 0.1) is 0 Å². The fraction of sp³-hybridized carbons (Fsp3) is 0.417. The van der Waals surface area contributed by atoms with Gasteiger partial charge in [-0.3, -0.25) is 4.79 Å². The highest BCUT2D eigenvalue weighted by atomic mass is 16.5. The van der Waals surface area contributed by atoms with Crippen molar-refractivity contribution in [2.45, 2.75) is 19.9 Å². The predicted octanol–water partition coefficient (Wildman–Crippen LogP) is 1.73. The maximum absolute atomic E-state index is 11.1. The minimum atomic E-state index is 0.0294. The molecule has 1 amide bonds. The molecule has 0 atom stereocenters. The quantitative estimate of drug-likeness (QED) is 0.827. The first-order chi connectivity index (χ1) is 7.69. The number of amides is 1. The molecule has 4 heteroatoms. The molecule has 0 heterocycles. The lowest BCUT2D eigenvalue weighted by Gasteiger charge is -2.09. The molecule has 0 aliphatic heterocycles. The van der Waals surface area contributed by atoms with Gasteiger partial charge in [-0.2, -0.15) is 0 Å². The zero-order valence-electron chi connectivity index (χ0n) is 9.87. The van der Waals surface area contributed by atoms with E-state index in [1.54, 1.807) is 20.3 Å². The molecule has 1 aromatic rings. The summed E-state index contributed by atoms with van der Waals surface area (Å²) in [6.07, 6.45) is 0.487. The SMILES string of the molecule is CCC(=O)NCc1cc(OC)cc(OC)c1. The van der Waals surface area contributed by atoms with Crippen LogP contribution in [0.1, 0.15) is 18.9 Å². The van der Waals surface area contributed by atoms with Crippen LogP contribution in [0.4, 0.5) is 0 Å². The fourth-order valence-electron chi connectivity index (χ4n) is 1.29. The van der Waals surface area contributed by atoms with E-state index < -0.39 is 0 Å². The average molecular weight is 223 g/mol. The highest BCUT2D eigenvalue weighted by Gasteiger charge is 2.03. The fourth-order valence-corrected chi connectivity index (χ4v) is 1.29. The first kappa shape index (κ1) is 12.4. The standard InChI is InChI=1S/C12H17NO3/c1-4-12(14)13-8-9-5-10(15-2)7-11(6-9)16-3/h5-7H,4,8H2,1-3H3,(H,13,14). The molecule has 0 aromatic heterocycles. The largest absolute Gasteiger partial charge is 0.497 e. The number of hydrogen-bond acceptors (Lipinski definition) is 3. The van der Waals surface area contributed by atoms with Gasteiger partial charge in [-0.1, -0.05) is 6.92 Å². The van der Waals surface area contributed by atoms with Crippen LogP contribution in [0.3, 0.4) is 0 Å². The van der Waals surface area contributed by atoms with Crippen LogP contribution in [0.25, 0.3) is 0 Å². The van der Waals surface area contributed by atoms with Crippen LogP contribution in [0.15, 0.2) is 18.2 Å². The third-order valence-electron chi connectivity index (χ3n) is 2.22. The summed E-state index contributed by atoms with van der Waals surface area (Å²) >= 11 is 0. The van der Waals surface area contributed by atoms with Gasteiger partial charge in [0.15, 0.2) is 0 Å². The molecule has 0 saturated carbocycles. The van der Waals surface area contributed by atoms with E-state index in [0.717, 1.165) is 17.1 Å².